The third kappa shape index (κ3) is 4.89. The first-order valence-electron chi connectivity index (χ1n) is 5.43. The summed E-state index contributed by atoms with van der Waals surface area (Å²) in [5.74, 6) is 0. The van der Waals surface area contributed by atoms with Crippen LogP contribution in [-0.4, -0.2) is 13.1 Å². The molecule has 1 nitrogen and oxygen atoms in total. The number of piperidine rings is 1. The SMILES string of the molecule is C=CCCCC/C=C1/CCCNC1. The van der Waals surface area contributed by atoms with Crippen LogP contribution in [0.25, 0.3) is 0 Å². The van der Waals surface area contributed by atoms with Gasteiger partial charge in [-0.15, -0.1) is 6.58 Å². The molecule has 1 rings (SSSR count). The van der Waals surface area contributed by atoms with Crippen molar-refractivity contribution in [2.45, 2.75) is 38.5 Å². The fraction of sp³-hybridized carbons (Fsp3) is 0.667. The van der Waals surface area contributed by atoms with Crippen LogP contribution in [0, 0.1) is 0 Å². The summed E-state index contributed by atoms with van der Waals surface area (Å²) in [4.78, 5) is 0. The molecule has 0 spiro atoms. The summed E-state index contributed by atoms with van der Waals surface area (Å²) in [7, 11) is 0. The minimum Gasteiger partial charge on any atom is -0.313 e. The van der Waals surface area contributed by atoms with Crippen molar-refractivity contribution in [1.29, 1.82) is 0 Å². The van der Waals surface area contributed by atoms with Gasteiger partial charge in [-0.25, -0.2) is 0 Å². The molecule has 0 atom stereocenters. The number of allylic oxidation sites excluding steroid dienone is 2. The van der Waals surface area contributed by atoms with Crippen molar-refractivity contribution in [3.05, 3.63) is 24.3 Å². The van der Waals surface area contributed by atoms with E-state index in [1.807, 2.05) is 6.08 Å². The molecule has 74 valence electrons. The van der Waals surface area contributed by atoms with Gasteiger partial charge in [0.1, 0.15) is 0 Å². The second-order valence-electron chi connectivity index (χ2n) is 3.72. The van der Waals surface area contributed by atoms with Gasteiger partial charge < -0.3 is 5.32 Å². The average Bonchev–Trinajstić information content (AvgIpc) is 2.19. The third-order valence-electron chi connectivity index (χ3n) is 2.50. The Bertz CT molecular complexity index is 162. The number of rotatable bonds is 5. The maximum absolute atomic E-state index is 3.72. The number of hydrogen-bond acceptors (Lipinski definition) is 1. The van der Waals surface area contributed by atoms with Crippen molar-refractivity contribution < 1.29 is 0 Å². The van der Waals surface area contributed by atoms with Crippen molar-refractivity contribution in [1.82, 2.24) is 5.32 Å². The first-order chi connectivity index (χ1) is 6.43. The minimum absolute atomic E-state index is 1.13. The Hall–Kier alpha value is -0.560. The lowest BCUT2D eigenvalue weighted by atomic mass is 10.0. The van der Waals surface area contributed by atoms with Crippen molar-refractivity contribution in [2.75, 3.05) is 13.1 Å². The molecule has 13 heavy (non-hydrogen) atoms. The molecule has 1 aliphatic heterocycles. The maximum atomic E-state index is 3.72. The Morgan fingerprint density at radius 2 is 2.15 bits per heavy atom. The van der Waals surface area contributed by atoms with Gasteiger partial charge in [-0.05, 0) is 45.1 Å². The Balaban J connectivity index is 2.04. The zero-order valence-corrected chi connectivity index (χ0v) is 8.52. The number of hydrogen-bond donors (Lipinski definition) is 1. The lowest BCUT2D eigenvalue weighted by Crippen LogP contribution is -2.23. The summed E-state index contributed by atoms with van der Waals surface area (Å²) in [5, 5.41) is 3.40. The summed E-state index contributed by atoms with van der Waals surface area (Å²) in [6.07, 6.45) is 12.1. The smallest absolute Gasteiger partial charge is 0.0164 e. The quantitative estimate of drug-likeness (QED) is 0.505. The predicted octanol–water partition coefficient (Wildman–Crippen LogP) is 3.04. The van der Waals surface area contributed by atoms with E-state index in [-0.39, 0.29) is 0 Å². The fourth-order valence-electron chi connectivity index (χ4n) is 1.69. The first kappa shape index (κ1) is 10.5. The van der Waals surface area contributed by atoms with Crippen LogP contribution < -0.4 is 5.32 Å². The summed E-state index contributed by atoms with van der Waals surface area (Å²) in [6.45, 7) is 6.05. The van der Waals surface area contributed by atoms with Gasteiger partial charge in [-0.2, -0.15) is 0 Å². The third-order valence-corrected chi connectivity index (χ3v) is 2.50. The molecule has 0 aromatic carbocycles. The van der Waals surface area contributed by atoms with Crippen molar-refractivity contribution >= 4 is 0 Å². The van der Waals surface area contributed by atoms with Gasteiger partial charge in [0.15, 0.2) is 0 Å². The van der Waals surface area contributed by atoms with E-state index in [9.17, 15) is 0 Å². The molecule has 0 radical (unpaired) electrons. The highest BCUT2D eigenvalue weighted by Gasteiger charge is 2.02. The zero-order valence-electron chi connectivity index (χ0n) is 8.52. The molecule has 1 saturated heterocycles. The summed E-state index contributed by atoms with van der Waals surface area (Å²) >= 11 is 0. The molecule has 1 heteroatoms. The Morgan fingerprint density at radius 1 is 1.31 bits per heavy atom. The normalized spacial score (nSPS) is 20.5. The van der Waals surface area contributed by atoms with Crippen molar-refractivity contribution in [3.8, 4) is 0 Å². The largest absolute Gasteiger partial charge is 0.313 e. The molecule has 1 fully saturated rings. The van der Waals surface area contributed by atoms with Gasteiger partial charge >= 0.3 is 0 Å². The van der Waals surface area contributed by atoms with Crippen LogP contribution in [-0.2, 0) is 0 Å². The van der Waals surface area contributed by atoms with Crippen LogP contribution in [0.15, 0.2) is 24.3 Å². The molecule has 1 N–H and O–H groups in total. The molecule has 0 bridgehead atoms. The van der Waals surface area contributed by atoms with Crippen molar-refractivity contribution in [2.24, 2.45) is 0 Å². The van der Waals surface area contributed by atoms with E-state index in [1.54, 1.807) is 5.57 Å². The maximum Gasteiger partial charge on any atom is 0.0164 e. The summed E-state index contributed by atoms with van der Waals surface area (Å²) in [6, 6.07) is 0. The van der Waals surface area contributed by atoms with Gasteiger partial charge in [0.05, 0.1) is 0 Å². The van der Waals surface area contributed by atoms with E-state index >= 15 is 0 Å². The molecule has 1 aliphatic rings. The highest BCUT2D eigenvalue weighted by molar-refractivity contribution is 5.06. The summed E-state index contributed by atoms with van der Waals surface area (Å²) < 4.78 is 0. The Morgan fingerprint density at radius 3 is 2.85 bits per heavy atom. The zero-order chi connectivity index (χ0) is 9.36. The van der Waals surface area contributed by atoms with Gasteiger partial charge in [0.25, 0.3) is 0 Å². The van der Waals surface area contributed by atoms with E-state index in [0.717, 1.165) is 6.54 Å². The molecule has 0 saturated carbocycles. The topological polar surface area (TPSA) is 12.0 Å². The molecule has 0 aromatic heterocycles. The second-order valence-corrected chi connectivity index (χ2v) is 3.72. The van der Waals surface area contributed by atoms with E-state index in [4.69, 9.17) is 0 Å². The standard InChI is InChI=1S/C12H21N/c1-2-3-4-5-6-8-12-9-7-10-13-11-12/h2,8,13H,1,3-7,9-11H2/b12-8-. The number of nitrogens with one attached hydrogen (secondary N) is 1. The average molecular weight is 179 g/mol. The lowest BCUT2D eigenvalue weighted by molar-refractivity contribution is 0.605. The van der Waals surface area contributed by atoms with Gasteiger partial charge in [0, 0.05) is 6.54 Å². The Labute approximate surface area is 81.9 Å². The molecule has 1 heterocycles. The van der Waals surface area contributed by atoms with E-state index < -0.39 is 0 Å². The molecular weight excluding hydrogens is 158 g/mol. The first-order valence-corrected chi connectivity index (χ1v) is 5.43. The monoisotopic (exact) mass is 179 g/mol. The molecule has 0 aliphatic carbocycles. The molecule has 0 aromatic rings. The van der Waals surface area contributed by atoms with Crippen LogP contribution in [0.2, 0.25) is 0 Å². The molecule has 0 amide bonds. The Kier molecular flexibility index (Phi) is 5.59. The van der Waals surface area contributed by atoms with Gasteiger partial charge in [0.2, 0.25) is 0 Å². The fourth-order valence-corrected chi connectivity index (χ4v) is 1.69. The highest BCUT2D eigenvalue weighted by Crippen LogP contribution is 2.11. The van der Waals surface area contributed by atoms with Crippen molar-refractivity contribution in [3.63, 3.8) is 0 Å². The minimum atomic E-state index is 1.13. The van der Waals surface area contributed by atoms with Crippen LogP contribution in [0.3, 0.4) is 0 Å². The number of unbranched alkanes of at least 4 members (excludes halogenated alkanes) is 3. The second kappa shape index (κ2) is 6.90. The van der Waals surface area contributed by atoms with E-state index in [2.05, 4.69) is 18.0 Å². The van der Waals surface area contributed by atoms with Crippen LogP contribution >= 0.6 is 0 Å². The van der Waals surface area contributed by atoms with E-state index in [0.29, 0.717) is 0 Å². The van der Waals surface area contributed by atoms with E-state index in [1.165, 1.54) is 45.1 Å². The van der Waals surface area contributed by atoms with Crippen LogP contribution in [0.1, 0.15) is 38.5 Å². The van der Waals surface area contributed by atoms with Gasteiger partial charge in [-0.1, -0.05) is 17.7 Å². The lowest BCUT2D eigenvalue weighted by Gasteiger charge is -2.15. The predicted molar refractivity (Wildman–Crippen MR) is 58.9 cm³/mol. The van der Waals surface area contributed by atoms with Crippen LogP contribution in [0.4, 0.5) is 0 Å². The van der Waals surface area contributed by atoms with Crippen LogP contribution in [0.5, 0.6) is 0 Å². The highest BCUT2D eigenvalue weighted by atomic mass is 14.9. The summed E-state index contributed by atoms with van der Waals surface area (Å²) in [5.41, 5.74) is 1.62. The molecular formula is C12H21N. The molecule has 0 unspecified atom stereocenters. The van der Waals surface area contributed by atoms with Gasteiger partial charge in [-0.3, -0.25) is 0 Å².